The third-order valence-electron chi connectivity index (χ3n) is 2.71. The van der Waals surface area contributed by atoms with Gasteiger partial charge in [-0.2, -0.15) is 0 Å². The number of nitrogens with zero attached hydrogens (tertiary/aromatic N) is 1. The van der Waals surface area contributed by atoms with Gasteiger partial charge in [0.25, 0.3) is 0 Å². The number of benzene rings is 1. The zero-order valence-corrected chi connectivity index (χ0v) is 8.85. The molecule has 0 fully saturated rings. The maximum absolute atomic E-state index is 7.74. The van der Waals surface area contributed by atoms with Crippen LogP contribution in [0.15, 0.2) is 42.5 Å². The molecule has 0 bridgehead atoms. The molecule has 0 spiro atoms. The fourth-order valence-corrected chi connectivity index (χ4v) is 1.69. The van der Waals surface area contributed by atoms with Crippen LogP contribution < -0.4 is 0 Å². The van der Waals surface area contributed by atoms with Crippen molar-refractivity contribution in [2.24, 2.45) is 0 Å². The van der Waals surface area contributed by atoms with E-state index in [1.165, 1.54) is 5.56 Å². The number of hydrogen-bond donors (Lipinski definition) is 1. The third kappa shape index (κ3) is 2.21. The molecule has 1 aliphatic rings. The molecule has 0 aromatic heterocycles. The van der Waals surface area contributed by atoms with Crippen LogP contribution in [0, 0.1) is 5.41 Å². The van der Waals surface area contributed by atoms with E-state index in [0.717, 1.165) is 6.54 Å². The summed E-state index contributed by atoms with van der Waals surface area (Å²) in [6, 6.07) is 10.5. The van der Waals surface area contributed by atoms with Crippen LogP contribution in [0.2, 0.25) is 0 Å². The van der Waals surface area contributed by atoms with Crippen molar-refractivity contribution in [1.29, 1.82) is 5.41 Å². The SMILES string of the molecule is CC1C(=N)C=CC=[N+]1Cc1ccccc1. The maximum Gasteiger partial charge on any atom is 0.191 e. The van der Waals surface area contributed by atoms with Gasteiger partial charge in [0.1, 0.15) is 0 Å². The lowest BCUT2D eigenvalue weighted by Crippen LogP contribution is -2.32. The predicted octanol–water partition coefficient (Wildman–Crippen LogP) is 2.25. The zero-order chi connectivity index (χ0) is 10.7. The minimum atomic E-state index is 0.176. The van der Waals surface area contributed by atoms with Gasteiger partial charge in [-0.15, -0.1) is 0 Å². The van der Waals surface area contributed by atoms with Gasteiger partial charge in [-0.3, -0.25) is 5.41 Å². The topological polar surface area (TPSA) is 26.9 Å². The first-order valence-corrected chi connectivity index (χ1v) is 5.17. The minimum absolute atomic E-state index is 0.176. The highest BCUT2D eigenvalue weighted by Crippen LogP contribution is 2.06. The van der Waals surface area contributed by atoms with Gasteiger partial charge >= 0.3 is 0 Å². The van der Waals surface area contributed by atoms with E-state index in [1.54, 1.807) is 0 Å². The van der Waals surface area contributed by atoms with Gasteiger partial charge in [-0.25, -0.2) is 4.58 Å². The Morgan fingerprint density at radius 1 is 1.27 bits per heavy atom. The molecule has 1 heterocycles. The van der Waals surface area contributed by atoms with E-state index in [2.05, 4.69) is 29.8 Å². The van der Waals surface area contributed by atoms with Gasteiger partial charge in [0.2, 0.25) is 0 Å². The van der Waals surface area contributed by atoms with E-state index in [9.17, 15) is 0 Å². The van der Waals surface area contributed by atoms with E-state index in [-0.39, 0.29) is 6.04 Å². The van der Waals surface area contributed by atoms with Crippen molar-refractivity contribution in [3.05, 3.63) is 48.0 Å². The second kappa shape index (κ2) is 4.22. The Morgan fingerprint density at radius 3 is 2.73 bits per heavy atom. The Bertz CT molecular complexity index is 415. The summed E-state index contributed by atoms with van der Waals surface area (Å²) in [6.45, 7) is 2.93. The smallest absolute Gasteiger partial charge is 0.191 e. The molecule has 76 valence electrons. The lowest BCUT2D eigenvalue weighted by atomic mass is 10.1. The standard InChI is InChI=1S/C13H15N2/c1-11-13(14)8-5-9-15(11)10-12-6-3-2-4-7-12/h2-9,11,14H,10H2,1H3/q+1. The van der Waals surface area contributed by atoms with Crippen molar-refractivity contribution in [2.45, 2.75) is 19.5 Å². The number of nitrogens with one attached hydrogen (secondary N) is 1. The highest BCUT2D eigenvalue weighted by Gasteiger charge is 2.20. The molecule has 1 N–H and O–H groups in total. The first-order valence-electron chi connectivity index (χ1n) is 5.17. The summed E-state index contributed by atoms with van der Waals surface area (Å²) in [6.07, 6.45) is 5.84. The molecule has 2 heteroatoms. The van der Waals surface area contributed by atoms with Crippen LogP contribution in [-0.2, 0) is 6.54 Å². The Labute approximate surface area is 90.1 Å². The summed E-state index contributed by atoms with van der Waals surface area (Å²) in [5, 5.41) is 7.74. The van der Waals surface area contributed by atoms with Gasteiger partial charge in [0.15, 0.2) is 18.8 Å². The van der Waals surface area contributed by atoms with Crippen LogP contribution in [0.3, 0.4) is 0 Å². The minimum Gasteiger partial charge on any atom is -0.299 e. The molecule has 2 rings (SSSR count). The molecule has 1 aromatic rings. The average Bonchev–Trinajstić information content (AvgIpc) is 2.26. The van der Waals surface area contributed by atoms with E-state index in [1.807, 2.05) is 30.4 Å². The van der Waals surface area contributed by atoms with Gasteiger partial charge in [-0.05, 0) is 6.08 Å². The fraction of sp³-hybridized carbons (Fsp3) is 0.231. The Hall–Kier alpha value is -1.70. The van der Waals surface area contributed by atoms with Gasteiger partial charge in [0, 0.05) is 18.6 Å². The summed E-state index contributed by atoms with van der Waals surface area (Å²) in [5.41, 5.74) is 1.96. The van der Waals surface area contributed by atoms with Crippen molar-refractivity contribution < 1.29 is 4.58 Å². The summed E-state index contributed by atoms with van der Waals surface area (Å²) >= 11 is 0. The summed E-state index contributed by atoms with van der Waals surface area (Å²) in [7, 11) is 0. The molecular formula is C13H15N2+. The van der Waals surface area contributed by atoms with Crippen LogP contribution in [0.1, 0.15) is 12.5 Å². The molecule has 1 unspecified atom stereocenters. The highest BCUT2D eigenvalue weighted by atomic mass is 15.0. The maximum atomic E-state index is 7.74. The largest absolute Gasteiger partial charge is 0.299 e. The summed E-state index contributed by atoms with van der Waals surface area (Å²) in [5.74, 6) is 0. The molecule has 0 radical (unpaired) electrons. The molecular weight excluding hydrogens is 184 g/mol. The Kier molecular flexibility index (Phi) is 2.77. The van der Waals surface area contributed by atoms with Gasteiger partial charge in [0.05, 0.1) is 5.71 Å². The van der Waals surface area contributed by atoms with Crippen molar-refractivity contribution in [1.82, 2.24) is 0 Å². The molecule has 1 atom stereocenters. The average molecular weight is 199 g/mol. The van der Waals surface area contributed by atoms with Crippen LogP contribution in [0.25, 0.3) is 0 Å². The second-order valence-electron chi connectivity index (χ2n) is 3.80. The molecule has 0 saturated carbocycles. The lowest BCUT2D eigenvalue weighted by molar-refractivity contribution is -0.556. The van der Waals surface area contributed by atoms with Gasteiger partial charge < -0.3 is 0 Å². The number of hydrogen-bond acceptors (Lipinski definition) is 1. The van der Waals surface area contributed by atoms with Crippen LogP contribution in [0.4, 0.5) is 0 Å². The monoisotopic (exact) mass is 199 g/mol. The summed E-state index contributed by atoms with van der Waals surface area (Å²) in [4.78, 5) is 0. The predicted molar refractivity (Wildman–Crippen MR) is 62.8 cm³/mol. The third-order valence-corrected chi connectivity index (χ3v) is 2.71. The van der Waals surface area contributed by atoms with Crippen molar-refractivity contribution in [3.63, 3.8) is 0 Å². The van der Waals surface area contributed by atoms with E-state index < -0.39 is 0 Å². The Balaban J connectivity index is 2.16. The van der Waals surface area contributed by atoms with Crippen LogP contribution >= 0.6 is 0 Å². The molecule has 0 amide bonds. The summed E-state index contributed by atoms with van der Waals surface area (Å²) < 4.78 is 2.18. The highest BCUT2D eigenvalue weighted by molar-refractivity contribution is 5.99. The molecule has 1 aromatic carbocycles. The normalized spacial score (nSPS) is 20.2. The van der Waals surface area contributed by atoms with Crippen LogP contribution in [-0.4, -0.2) is 22.5 Å². The van der Waals surface area contributed by atoms with Crippen molar-refractivity contribution >= 4 is 11.9 Å². The molecule has 2 nitrogen and oxygen atoms in total. The number of allylic oxidation sites excluding steroid dienone is 1. The zero-order valence-electron chi connectivity index (χ0n) is 8.85. The van der Waals surface area contributed by atoms with Crippen LogP contribution in [0.5, 0.6) is 0 Å². The molecule has 0 aliphatic carbocycles. The van der Waals surface area contributed by atoms with E-state index >= 15 is 0 Å². The fourth-order valence-electron chi connectivity index (χ4n) is 1.69. The molecule has 15 heavy (non-hydrogen) atoms. The number of rotatable bonds is 2. The van der Waals surface area contributed by atoms with E-state index in [4.69, 9.17) is 5.41 Å². The molecule has 0 saturated heterocycles. The van der Waals surface area contributed by atoms with Crippen molar-refractivity contribution in [3.8, 4) is 0 Å². The first kappa shape index (κ1) is 9.84. The first-order chi connectivity index (χ1) is 7.27. The Morgan fingerprint density at radius 2 is 2.00 bits per heavy atom. The van der Waals surface area contributed by atoms with Crippen molar-refractivity contribution in [2.75, 3.05) is 0 Å². The van der Waals surface area contributed by atoms with Gasteiger partial charge in [-0.1, -0.05) is 30.3 Å². The second-order valence-corrected chi connectivity index (χ2v) is 3.80. The molecule has 1 aliphatic heterocycles. The van der Waals surface area contributed by atoms with E-state index in [0.29, 0.717) is 5.71 Å². The lowest BCUT2D eigenvalue weighted by Gasteiger charge is -2.13. The quantitative estimate of drug-likeness (QED) is 0.707.